The van der Waals surface area contributed by atoms with Crippen LogP contribution in [0.2, 0.25) is 0 Å². The van der Waals surface area contributed by atoms with Crippen molar-refractivity contribution in [2.75, 3.05) is 18.4 Å². The molecule has 0 aromatic carbocycles. The lowest BCUT2D eigenvalue weighted by atomic mass is 10.2. The van der Waals surface area contributed by atoms with E-state index in [0.717, 1.165) is 23.5 Å². The minimum Gasteiger partial charge on any atom is -0.370 e. The topological polar surface area (TPSA) is 54.0 Å². The molecule has 2 unspecified atom stereocenters. The molecule has 0 radical (unpaired) electrons. The van der Waals surface area contributed by atoms with Crippen LogP contribution in [0.4, 0.5) is 5.82 Å². The lowest BCUT2D eigenvalue weighted by molar-refractivity contribution is 0.0952. The van der Waals surface area contributed by atoms with Gasteiger partial charge in [-0.2, -0.15) is 0 Å². The van der Waals surface area contributed by atoms with Gasteiger partial charge in [-0.3, -0.25) is 4.79 Å². The van der Waals surface area contributed by atoms with E-state index in [0.29, 0.717) is 17.3 Å². The van der Waals surface area contributed by atoms with Crippen molar-refractivity contribution in [2.45, 2.75) is 20.3 Å². The summed E-state index contributed by atoms with van der Waals surface area (Å²) >= 11 is 3.35. The third-order valence-electron chi connectivity index (χ3n) is 3.24. The molecular weight excluding hydrogens is 294 g/mol. The Morgan fingerprint density at radius 1 is 1.61 bits per heavy atom. The molecule has 0 aliphatic heterocycles. The van der Waals surface area contributed by atoms with Crippen LogP contribution in [-0.4, -0.2) is 24.0 Å². The van der Waals surface area contributed by atoms with E-state index in [1.807, 2.05) is 6.92 Å². The largest absolute Gasteiger partial charge is 0.370 e. The Morgan fingerprint density at radius 2 is 2.33 bits per heavy atom. The number of rotatable bonds is 5. The molecule has 1 fully saturated rings. The number of pyridine rings is 1. The Bertz CT molecular complexity index is 450. The molecule has 0 saturated heterocycles. The summed E-state index contributed by atoms with van der Waals surface area (Å²) in [6, 6.07) is 1.80. The first-order chi connectivity index (χ1) is 8.61. The number of aromatic nitrogens is 1. The van der Waals surface area contributed by atoms with E-state index >= 15 is 0 Å². The van der Waals surface area contributed by atoms with E-state index in [1.165, 1.54) is 6.42 Å². The molecule has 1 aliphatic carbocycles. The van der Waals surface area contributed by atoms with E-state index in [9.17, 15) is 4.79 Å². The number of carbonyl (C=O) groups excluding carboxylic acids is 1. The molecule has 0 spiro atoms. The van der Waals surface area contributed by atoms with Crippen molar-refractivity contribution in [2.24, 2.45) is 11.8 Å². The zero-order valence-corrected chi connectivity index (χ0v) is 12.3. The van der Waals surface area contributed by atoms with Crippen LogP contribution in [-0.2, 0) is 0 Å². The first-order valence-corrected chi connectivity index (χ1v) is 7.08. The minimum atomic E-state index is -0.0566. The van der Waals surface area contributed by atoms with E-state index < -0.39 is 0 Å². The second-order valence-electron chi connectivity index (χ2n) is 4.76. The summed E-state index contributed by atoms with van der Waals surface area (Å²) in [4.78, 5) is 16.3. The zero-order chi connectivity index (χ0) is 13.1. The highest BCUT2D eigenvalue weighted by molar-refractivity contribution is 9.10. The predicted octanol–water partition coefficient (Wildman–Crippen LogP) is 2.66. The highest BCUT2D eigenvalue weighted by Gasteiger charge is 2.32. The van der Waals surface area contributed by atoms with Gasteiger partial charge in [-0.15, -0.1) is 0 Å². The van der Waals surface area contributed by atoms with Gasteiger partial charge in [0, 0.05) is 23.8 Å². The smallest absolute Gasteiger partial charge is 0.255 e. The molecule has 1 amide bonds. The van der Waals surface area contributed by atoms with Gasteiger partial charge in [-0.1, -0.05) is 6.92 Å². The van der Waals surface area contributed by atoms with Crippen molar-refractivity contribution >= 4 is 27.7 Å². The molecule has 18 heavy (non-hydrogen) atoms. The van der Waals surface area contributed by atoms with Gasteiger partial charge in [0.05, 0.1) is 5.56 Å². The number of hydrogen-bond acceptors (Lipinski definition) is 3. The molecule has 1 aliphatic rings. The van der Waals surface area contributed by atoms with Crippen molar-refractivity contribution in [3.05, 3.63) is 22.3 Å². The molecule has 0 bridgehead atoms. The number of nitrogens with zero attached hydrogens (tertiary/aromatic N) is 1. The Kier molecular flexibility index (Phi) is 4.22. The number of hydrogen-bond donors (Lipinski definition) is 2. The van der Waals surface area contributed by atoms with Crippen LogP contribution in [0.5, 0.6) is 0 Å². The number of anilines is 1. The Labute approximate surface area is 116 Å². The Morgan fingerprint density at radius 3 is 2.94 bits per heavy atom. The maximum atomic E-state index is 12.1. The number of nitrogens with one attached hydrogen (secondary N) is 2. The lowest BCUT2D eigenvalue weighted by Crippen LogP contribution is -2.27. The van der Waals surface area contributed by atoms with Crippen LogP contribution >= 0.6 is 15.9 Å². The van der Waals surface area contributed by atoms with Crippen LogP contribution in [0.25, 0.3) is 0 Å². The first kappa shape index (κ1) is 13.3. The van der Waals surface area contributed by atoms with Crippen molar-refractivity contribution in [3.8, 4) is 0 Å². The van der Waals surface area contributed by atoms with E-state index in [2.05, 4.69) is 38.5 Å². The lowest BCUT2D eigenvalue weighted by Gasteiger charge is -2.10. The van der Waals surface area contributed by atoms with Gasteiger partial charge in [-0.05, 0) is 47.2 Å². The predicted molar refractivity (Wildman–Crippen MR) is 75.7 cm³/mol. The summed E-state index contributed by atoms with van der Waals surface area (Å²) in [6.07, 6.45) is 2.91. The van der Waals surface area contributed by atoms with Gasteiger partial charge in [0.15, 0.2) is 0 Å². The fourth-order valence-electron chi connectivity index (χ4n) is 1.92. The van der Waals surface area contributed by atoms with Gasteiger partial charge in [0.2, 0.25) is 0 Å². The quantitative estimate of drug-likeness (QED) is 0.879. The molecule has 2 N–H and O–H groups in total. The summed E-state index contributed by atoms with van der Waals surface area (Å²) in [5.41, 5.74) is 0.597. The fraction of sp³-hybridized carbons (Fsp3) is 0.538. The summed E-state index contributed by atoms with van der Waals surface area (Å²) in [6.45, 7) is 5.70. The maximum Gasteiger partial charge on any atom is 0.255 e. The van der Waals surface area contributed by atoms with Crippen LogP contribution in [0, 0.1) is 11.8 Å². The highest BCUT2D eigenvalue weighted by atomic mass is 79.9. The molecular formula is C13H18BrN3O. The molecule has 1 aromatic heterocycles. The van der Waals surface area contributed by atoms with Crippen molar-refractivity contribution < 1.29 is 4.79 Å². The molecule has 5 heteroatoms. The summed E-state index contributed by atoms with van der Waals surface area (Å²) < 4.78 is 0.814. The monoisotopic (exact) mass is 311 g/mol. The van der Waals surface area contributed by atoms with E-state index in [4.69, 9.17) is 0 Å². The molecule has 1 heterocycles. The molecule has 98 valence electrons. The van der Waals surface area contributed by atoms with E-state index in [-0.39, 0.29) is 5.91 Å². The van der Waals surface area contributed by atoms with Gasteiger partial charge >= 0.3 is 0 Å². The normalized spacial score (nSPS) is 21.5. The fourth-order valence-corrected chi connectivity index (χ4v) is 2.25. The van der Waals surface area contributed by atoms with Gasteiger partial charge in [0.25, 0.3) is 5.91 Å². The van der Waals surface area contributed by atoms with Crippen LogP contribution in [0.15, 0.2) is 16.7 Å². The summed E-state index contributed by atoms with van der Waals surface area (Å²) in [5, 5.41) is 6.08. The zero-order valence-electron chi connectivity index (χ0n) is 10.7. The third-order valence-corrected chi connectivity index (χ3v) is 3.68. The maximum absolute atomic E-state index is 12.1. The highest BCUT2D eigenvalue weighted by Crippen LogP contribution is 2.36. The molecule has 1 aromatic rings. The van der Waals surface area contributed by atoms with Crippen LogP contribution < -0.4 is 10.6 Å². The Hall–Kier alpha value is -1.10. The van der Waals surface area contributed by atoms with E-state index in [1.54, 1.807) is 12.3 Å². The van der Waals surface area contributed by atoms with Crippen molar-refractivity contribution in [1.82, 2.24) is 10.3 Å². The number of halogens is 1. The standard InChI is InChI=1S/C13H18BrN3O/c1-3-15-12-11(5-10(14)7-16-12)13(18)17-6-9-4-8(9)2/h5,7-9H,3-4,6H2,1-2H3,(H,15,16)(H,17,18). The molecule has 4 nitrogen and oxygen atoms in total. The average molecular weight is 312 g/mol. The van der Waals surface area contributed by atoms with Crippen molar-refractivity contribution in [3.63, 3.8) is 0 Å². The summed E-state index contributed by atoms with van der Waals surface area (Å²) in [5.74, 6) is 1.98. The average Bonchev–Trinajstić information content (AvgIpc) is 3.05. The second-order valence-corrected chi connectivity index (χ2v) is 5.68. The molecule has 2 rings (SSSR count). The van der Waals surface area contributed by atoms with Gasteiger partial charge < -0.3 is 10.6 Å². The second kappa shape index (κ2) is 5.69. The van der Waals surface area contributed by atoms with Crippen LogP contribution in [0.3, 0.4) is 0 Å². The number of carbonyl (C=O) groups is 1. The SMILES string of the molecule is CCNc1ncc(Br)cc1C(=O)NCC1CC1C. The van der Waals surface area contributed by atoms with Crippen molar-refractivity contribution in [1.29, 1.82) is 0 Å². The summed E-state index contributed by atoms with van der Waals surface area (Å²) in [7, 11) is 0. The molecule has 1 saturated carbocycles. The third kappa shape index (κ3) is 3.22. The molecule has 2 atom stereocenters. The minimum absolute atomic E-state index is 0.0566. The first-order valence-electron chi connectivity index (χ1n) is 6.29. The van der Waals surface area contributed by atoms with Crippen LogP contribution in [0.1, 0.15) is 30.6 Å². The van der Waals surface area contributed by atoms with Gasteiger partial charge in [0.1, 0.15) is 5.82 Å². The van der Waals surface area contributed by atoms with Gasteiger partial charge in [-0.25, -0.2) is 4.98 Å². The Balaban J connectivity index is 2.04. The number of amides is 1.